The van der Waals surface area contributed by atoms with Crippen LogP contribution in [0, 0.1) is 0 Å². The maximum atomic E-state index is 11.5. The van der Waals surface area contributed by atoms with Crippen LogP contribution in [-0.4, -0.2) is 46.2 Å². The van der Waals surface area contributed by atoms with Crippen LogP contribution in [0.1, 0.15) is 64.7 Å². The van der Waals surface area contributed by atoms with Gasteiger partial charge < -0.3 is 20.1 Å². The zero-order valence-corrected chi connectivity index (χ0v) is 14.7. The number of ether oxygens (including phenoxy) is 1. The average molecular weight is 340 g/mol. The van der Waals surface area contributed by atoms with Crippen molar-refractivity contribution in [3.63, 3.8) is 0 Å². The Morgan fingerprint density at radius 2 is 1.67 bits per heavy atom. The lowest BCUT2D eigenvalue weighted by Crippen LogP contribution is -2.17. The molecule has 0 amide bonds. The summed E-state index contributed by atoms with van der Waals surface area (Å²) in [6.07, 6.45) is 13.3. The van der Waals surface area contributed by atoms with Gasteiger partial charge in [-0.15, -0.1) is 0 Å². The van der Waals surface area contributed by atoms with E-state index in [-0.39, 0.29) is 12.6 Å². The summed E-state index contributed by atoms with van der Waals surface area (Å²) in [4.78, 5) is 11.5. The Bertz CT molecular complexity index is 416. The molecule has 5 heteroatoms. The Balaban J connectivity index is 1.94. The molecule has 138 valence electrons. The Hall–Kier alpha value is -1.17. The standard InChI is InChI=1S/C19H32O5/c1-15-18(22)17(19(23)24-15)13-11-9-7-5-3-2-4-6-8-10-12-16(21)14-20/h10,12-13,15-16,18,20-22H,2-9,11,14H2,1H3. The van der Waals surface area contributed by atoms with E-state index in [1.165, 1.54) is 25.7 Å². The molecule has 1 aliphatic rings. The van der Waals surface area contributed by atoms with Gasteiger partial charge in [0.25, 0.3) is 0 Å². The molecule has 1 heterocycles. The summed E-state index contributed by atoms with van der Waals surface area (Å²) in [6, 6.07) is 0. The number of esters is 1. The quantitative estimate of drug-likeness (QED) is 0.220. The van der Waals surface area contributed by atoms with Crippen LogP contribution in [0.25, 0.3) is 0 Å². The van der Waals surface area contributed by atoms with Gasteiger partial charge in [0.05, 0.1) is 18.3 Å². The highest BCUT2D eigenvalue weighted by atomic mass is 16.6. The number of hydrogen-bond donors (Lipinski definition) is 3. The van der Waals surface area contributed by atoms with Gasteiger partial charge in [-0.25, -0.2) is 4.79 Å². The number of unbranched alkanes of at least 4 members (excludes halogenated alkanes) is 8. The Morgan fingerprint density at radius 3 is 2.21 bits per heavy atom. The minimum Gasteiger partial charge on any atom is -0.456 e. The lowest BCUT2D eigenvalue weighted by atomic mass is 10.0. The molecule has 1 fully saturated rings. The molecule has 0 aliphatic carbocycles. The molecule has 3 atom stereocenters. The summed E-state index contributed by atoms with van der Waals surface area (Å²) in [6.45, 7) is 1.49. The number of carbonyl (C=O) groups excluding carboxylic acids is 1. The van der Waals surface area contributed by atoms with E-state index in [4.69, 9.17) is 14.9 Å². The van der Waals surface area contributed by atoms with Crippen LogP contribution >= 0.6 is 0 Å². The van der Waals surface area contributed by atoms with E-state index in [0.29, 0.717) is 5.57 Å². The molecule has 3 N–H and O–H groups in total. The van der Waals surface area contributed by atoms with Crippen molar-refractivity contribution in [3.05, 3.63) is 23.8 Å². The van der Waals surface area contributed by atoms with Crippen molar-refractivity contribution in [2.24, 2.45) is 0 Å². The second kappa shape index (κ2) is 12.2. The molecule has 3 unspecified atom stereocenters. The third-order valence-electron chi connectivity index (χ3n) is 4.28. The largest absolute Gasteiger partial charge is 0.456 e. The first-order valence-electron chi connectivity index (χ1n) is 9.11. The predicted molar refractivity (Wildman–Crippen MR) is 93.4 cm³/mol. The summed E-state index contributed by atoms with van der Waals surface area (Å²) < 4.78 is 4.97. The lowest BCUT2D eigenvalue weighted by molar-refractivity contribution is -0.138. The van der Waals surface area contributed by atoms with E-state index in [1.54, 1.807) is 13.0 Å². The third kappa shape index (κ3) is 8.08. The summed E-state index contributed by atoms with van der Waals surface area (Å²) >= 11 is 0. The zero-order valence-electron chi connectivity index (χ0n) is 14.7. The monoisotopic (exact) mass is 340 g/mol. The Kier molecular flexibility index (Phi) is 10.6. The Morgan fingerprint density at radius 1 is 1.08 bits per heavy atom. The van der Waals surface area contributed by atoms with E-state index in [9.17, 15) is 9.90 Å². The minimum absolute atomic E-state index is 0.216. The molecule has 0 radical (unpaired) electrons. The van der Waals surface area contributed by atoms with Gasteiger partial charge in [0.1, 0.15) is 12.2 Å². The second-order valence-electron chi connectivity index (χ2n) is 6.45. The molecule has 0 bridgehead atoms. The first-order chi connectivity index (χ1) is 11.6. The van der Waals surface area contributed by atoms with E-state index >= 15 is 0 Å². The van der Waals surface area contributed by atoms with Crippen LogP contribution < -0.4 is 0 Å². The Labute approximate surface area is 145 Å². The fourth-order valence-electron chi connectivity index (χ4n) is 2.74. The molecule has 0 saturated carbocycles. The van der Waals surface area contributed by atoms with Gasteiger partial charge in [-0.1, -0.05) is 50.3 Å². The van der Waals surface area contributed by atoms with Crippen LogP contribution in [0.4, 0.5) is 0 Å². The lowest BCUT2D eigenvalue weighted by Gasteiger charge is -2.04. The molecule has 0 aromatic rings. The van der Waals surface area contributed by atoms with Gasteiger partial charge >= 0.3 is 5.97 Å². The van der Waals surface area contributed by atoms with Crippen LogP contribution in [-0.2, 0) is 9.53 Å². The minimum atomic E-state index is -0.773. The number of aliphatic hydroxyl groups excluding tert-OH is 3. The van der Waals surface area contributed by atoms with Crippen LogP contribution in [0.15, 0.2) is 23.8 Å². The smallest absolute Gasteiger partial charge is 0.336 e. The van der Waals surface area contributed by atoms with E-state index in [1.807, 2.05) is 12.2 Å². The molecule has 1 rings (SSSR count). The first kappa shape index (κ1) is 20.9. The number of cyclic esters (lactones) is 1. The van der Waals surface area contributed by atoms with Gasteiger partial charge in [-0.3, -0.25) is 0 Å². The molecule has 1 saturated heterocycles. The van der Waals surface area contributed by atoms with Gasteiger partial charge in [0, 0.05) is 0 Å². The topological polar surface area (TPSA) is 87.0 Å². The van der Waals surface area contributed by atoms with Crippen molar-refractivity contribution in [3.8, 4) is 0 Å². The van der Waals surface area contributed by atoms with Gasteiger partial charge in [0.2, 0.25) is 0 Å². The van der Waals surface area contributed by atoms with Crippen LogP contribution in [0.2, 0.25) is 0 Å². The maximum Gasteiger partial charge on any atom is 0.336 e. The summed E-state index contributed by atoms with van der Waals surface area (Å²) in [5.74, 6) is -0.379. The number of rotatable bonds is 12. The SMILES string of the molecule is CC1OC(=O)C(=CCCCCCCCCCC=CC(O)CO)C1O. The van der Waals surface area contributed by atoms with Crippen molar-refractivity contribution in [2.45, 2.75) is 83.0 Å². The van der Waals surface area contributed by atoms with Crippen molar-refractivity contribution >= 4 is 5.97 Å². The fourth-order valence-corrected chi connectivity index (χ4v) is 2.74. The average Bonchev–Trinajstić information content (AvgIpc) is 2.81. The van der Waals surface area contributed by atoms with Crippen molar-refractivity contribution < 1.29 is 24.9 Å². The normalized spacial score (nSPS) is 24.0. The second-order valence-corrected chi connectivity index (χ2v) is 6.45. The maximum absolute atomic E-state index is 11.5. The highest BCUT2D eigenvalue weighted by Gasteiger charge is 2.34. The van der Waals surface area contributed by atoms with E-state index in [0.717, 1.165) is 32.1 Å². The van der Waals surface area contributed by atoms with Crippen molar-refractivity contribution in [1.82, 2.24) is 0 Å². The highest BCUT2D eigenvalue weighted by Crippen LogP contribution is 2.22. The molecular formula is C19H32O5. The molecule has 0 aromatic carbocycles. The van der Waals surface area contributed by atoms with Crippen LogP contribution in [0.5, 0.6) is 0 Å². The fraction of sp³-hybridized carbons (Fsp3) is 0.737. The molecule has 0 spiro atoms. The first-order valence-corrected chi connectivity index (χ1v) is 9.11. The summed E-state index contributed by atoms with van der Waals surface area (Å²) in [5, 5.41) is 27.6. The van der Waals surface area contributed by atoms with Gasteiger partial charge in [0.15, 0.2) is 0 Å². The third-order valence-corrected chi connectivity index (χ3v) is 4.28. The summed E-state index contributed by atoms with van der Waals surface area (Å²) in [5.41, 5.74) is 0.418. The highest BCUT2D eigenvalue weighted by molar-refractivity contribution is 5.92. The number of hydrogen-bond acceptors (Lipinski definition) is 5. The number of allylic oxidation sites excluding steroid dienone is 2. The van der Waals surface area contributed by atoms with Gasteiger partial charge in [-0.2, -0.15) is 0 Å². The molecule has 5 nitrogen and oxygen atoms in total. The van der Waals surface area contributed by atoms with Crippen LogP contribution in [0.3, 0.4) is 0 Å². The summed E-state index contributed by atoms with van der Waals surface area (Å²) in [7, 11) is 0. The molecule has 0 aromatic heterocycles. The zero-order chi connectivity index (χ0) is 17.8. The van der Waals surface area contributed by atoms with E-state index < -0.39 is 18.3 Å². The number of aliphatic hydroxyl groups is 3. The van der Waals surface area contributed by atoms with Gasteiger partial charge in [-0.05, 0) is 32.6 Å². The van der Waals surface area contributed by atoms with E-state index in [2.05, 4.69) is 0 Å². The number of carbonyl (C=O) groups is 1. The molecule has 24 heavy (non-hydrogen) atoms. The molecular weight excluding hydrogens is 308 g/mol. The van der Waals surface area contributed by atoms with Crippen molar-refractivity contribution in [1.29, 1.82) is 0 Å². The molecule has 1 aliphatic heterocycles. The predicted octanol–water partition coefficient (Wildman–Crippen LogP) is 2.64. The van der Waals surface area contributed by atoms with Crippen molar-refractivity contribution in [2.75, 3.05) is 6.61 Å².